The second-order valence-electron chi connectivity index (χ2n) is 6.88. The second-order valence-corrected chi connectivity index (χ2v) is 7.72. The molecule has 0 radical (unpaired) electrons. The summed E-state index contributed by atoms with van der Waals surface area (Å²) in [7, 11) is 0. The van der Waals surface area contributed by atoms with Gasteiger partial charge in [-0.15, -0.1) is 34.8 Å². The topological polar surface area (TPSA) is 29.1 Å². The lowest BCUT2D eigenvalue weighted by atomic mass is 9.86. The summed E-state index contributed by atoms with van der Waals surface area (Å²) in [4.78, 5) is 12.4. The molecule has 2 nitrogen and oxygen atoms in total. The smallest absolute Gasteiger partial charge is 0.228 e. The summed E-state index contributed by atoms with van der Waals surface area (Å²) in [6.45, 7) is 8.23. The van der Waals surface area contributed by atoms with E-state index in [4.69, 9.17) is 34.8 Å². The summed E-state index contributed by atoms with van der Waals surface area (Å²) in [6, 6.07) is 7.90. The van der Waals surface area contributed by atoms with E-state index >= 15 is 0 Å². The van der Waals surface area contributed by atoms with Gasteiger partial charge in [0.2, 0.25) is 5.91 Å². The summed E-state index contributed by atoms with van der Waals surface area (Å²) >= 11 is 17.8. The van der Waals surface area contributed by atoms with Crippen molar-refractivity contribution >= 4 is 40.7 Å². The van der Waals surface area contributed by atoms with Crippen molar-refractivity contribution in [2.24, 2.45) is 5.41 Å². The minimum Gasteiger partial charge on any atom is -0.348 e. The van der Waals surface area contributed by atoms with Gasteiger partial charge < -0.3 is 5.32 Å². The summed E-state index contributed by atoms with van der Waals surface area (Å²) in [5.41, 5.74) is 1.51. The Labute approximate surface area is 148 Å². The first-order valence-electron chi connectivity index (χ1n) is 7.27. The minimum atomic E-state index is -0.793. The number of halogens is 3. The zero-order chi connectivity index (χ0) is 17.0. The molecule has 1 N–H and O–H groups in total. The van der Waals surface area contributed by atoms with E-state index in [0.29, 0.717) is 5.88 Å². The van der Waals surface area contributed by atoms with E-state index in [2.05, 4.69) is 38.2 Å². The Balaban J connectivity index is 2.91. The molecular formula is C17H24Cl3NO. The highest BCUT2D eigenvalue weighted by molar-refractivity contribution is 6.24. The van der Waals surface area contributed by atoms with Crippen molar-refractivity contribution < 1.29 is 4.79 Å². The Morgan fingerprint density at radius 1 is 1.05 bits per heavy atom. The average Bonchev–Trinajstić information content (AvgIpc) is 2.50. The highest BCUT2D eigenvalue weighted by Gasteiger charge is 2.33. The van der Waals surface area contributed by atoms with Crippen molar-refractivity contribution in [1.29, 1.82) is 0 Å². The first kappa shape index (κ1) is 19.6. The van der Waals surface area contributed by atoms with Crippen LogP contribution in [-0.2, 0) is 10.2 Å². The van der Waals surface area contributed by atoms with Gasteiger partial charge in [-0.2, -0.15) is 0 Å². The maximum Gasteiger partial charge on any atom is 0.228 e. The van der Waals surface area contributed by atoms with Crippen LogP contribution in [0.15, 0.2) is 24.3 Å². The zero-order valence-electron chi connectivity index (χ0n) is 13.6. The number of carbonyl (C=O) groups is 1. The van der Waals surface area contributed by atoms with Crippen LogP contribution in [0.1, 0.15) is 44.9 Å². The van der Waals surface area contributed by atoms with E-state index in [-0.39, 0.29) is 29.1 Å². The van der Waals surface area contributed by atoms with Crippen LogP contribution in [0.25, 0.3) is 0 Å². The molecule has 0 heterocycles. The third kappa shape index (κ3) is 4.78. The summed E-state index contributed by atoms with van der Waals surface area (Å²) in [5.74, 6) is 0.449. The Morgan fingerprint density at radius 2 is 1.55 bits per heavy atom. The molecule has 1 amide bonds. The van der Waals surface area contributed by atoms with Crippen molar-refractivity contribution in [1.82, 2.24) is 5.32 Å². The molecule has 0 aromatic heterocycles. The Kier molecular flexibility index (Phi) is 7.04. The first-order chi connectivity index (χ1) is 10.2. The van der Waals surface area contributed by atoms with Gasteiger partial charge in [0, 0.05) is 17.6 Å². The zero-order valence-corrected chi connectivity index (χ0v) is 15.8. The molecule has 22 heavy (non-hydrogen) atoms. The van der Waals surface area contributed by atoms with Gasteiger partial charge >= 0.3 is 0 Å². The Bertz CT molecular complexity index is 490. The molecular weight excluding hydrogens is 341 g/mol. The molecule has 0 aliphatic heterocycles. The average molecular weight is 365 g/mol. The van der Waals surface area contributed by atoms with Crippen LogP contribution >= 0.6 is 34.8 Å². The van der Waals surface area contributed by atoms with Gasteiger partial charge in [0.25, 0.3) is 0 Å². The number of hydrogen-bond donors (Lipinski definition) is 1. The van der Waals surface area contributed by atoms with E-state index in [0.717, 1.165) is 5.56 Å². The van der Waals surface area contributed by atoms with Crippen molar-refractivity contribution in [2.75, 3.05) is 17.6 Å². The first-order valence-corrected chi connectivity index (χ1v) is 8.87. The Morgan fingerprint density at radius 3 is 1.91 bits per heavy atom. The lowest BCUT2D eigenvalue weighted by Crippen LogP contribution is -2.43. The largest absolute Gasteiger partial charge is 0.348 e. The predicted octanol–water partition coefficient (Wildman–Crippen LogP) is 4.86. The van der Waals surface area contributed by atoms with Gasteiger partial charge in [0.1, 0.15) is 0 Å². The number of rotatable bonds is 6. The molecule has 1 unspecified atom stereocenters. The normalized spacial score (nSPS) is 13.8. The van der Waals surface area contributed by atoms with E-state index in [1.807, 2.05) is 12.1 Å². The molecule has 0 spiro atoms. The van der Waals surface area contributed by atoms with Gasteiger partial charge in [0.05, 0.1) is 11.5 Å². The van der Waals surface area contributed by atoms with Crippen molar-refractivity contribution in [3.8, 4) is 0 Å². The molecule has 1 aromatic carbocycles. The van der Waals surface area contributed by atoms with Crippen LogP contribution in [0, 0.1) is 5.41 Å². The molecule has 0 fully saturated rings. The van der Waals surface area contributed by atoms with Crippen LogP contribution < -0.4 is 5.32 Å². The summed E-state index contributed by atoms with van der Waals surface area (Å²) < 4.78 is 0. The van der Waals surface area contributed by atoms with E-state index in [9.17, 15) is 4.79 Å². The molecule has 0 aliphatic carbocycles. The van der Waals surface area contributed by atoms with Gasteiger partial charge in [-0.3, -0.25) is 4.79 Å². The number of carbonyl (C=O) groups excluding carboxylic acids is 1. The van der Waals surface area contributed by atoms with Crippen molar-refractivity contribution in [2.45, 2.75) is 39.2 Å². The highest BCUT2D eigenvalue weighted by Crippen LogP contribution is 2.26. The standard InChI is InChI=1S/C17H24Cl3NO/c1-16(2,3)13-7-5-12(6-8-13)14(9-18)21-15(22)17(4,10-19)11-20/h5-8,14H,9-11H2,1-4H3,(H,21,22). The van der Waals surface area contributed by atoms with E-state index < -0.39 is 5.41 Å². The molecule has 1 atom stereocenters. The van der Waals surface area contributed by atoms with Crippen LogP contribution in [0.5, 0.6) is 0 Å². The Hall–Kier alpha value is -0.440. The number of nitrogens with one attached hydrogen (secondary N) is 1. The summed E-state index contributed by atoms with van der Waals surface area (Å²) in [6.07, 6.45) is 0. The fourth-order valence-corrected chi connectivity index (χ4v) is 2.70. The molecule has 0 saturated carbocycles. The highest BCUT2D eigenvalue weighted by atomic mass is 35.5. The van der Waals surface area contributed by atoms with Crippen LogP contribution in [0.2, 0.25) is 0 Å². The monoisotopic (exact) mass is 363 g/mol. The number of hydrogen-bond acceptors (Lipinski definition) is 1. The maximum absolute atomic E-state index is 12.4. The SMILES string of the molecule is CC(CCl)(CCl)C(=O)NC(CCl)c1ccc(C(C)(C)C)cc1. The third-order valence-electron chi connectivity index (χ3n) is 3.78. The quantitative estimate of drug-likeness (QED) is 0.717. The summed E-state index contributed by atoms with van der Waals surface area (Å²) in [5, 5.41) is 2.94. The molecule has 1 rings (SSSR count). The molecule has 0 saturated heterocycles. The third-order valence-corrected chi connectivity index (χ3v) is 5.27. The van der Waals surface area contributed by atoms with Gasteiger partial charge in [-0.05, 0) is 23.5 Å². The maximum atomic E-state index is 12.4. The van der Waals surface area contributed by atoms with Gasteiger partial charge in [0.15, 0.2) is 0 Å². The number of benzene rings is 1. The lowest BCUT2D eigenvalue weighted by molar-refractivity contribution is -0.128. The van der Waals surface area contributed by atoms with Crippen LogP contribution in [-0.4, -0.2) is 23.5 Å². The number of amides is 1. The molecule has 1 aromatic rings. The van der Waals surface area contributed by atoms with Crippen molar-refractivity contribution in [3.63, 3.8) is 0 Å². The fourth-order valence-electron chi connectivity index (χ4n) is 1.92. The van der Waals surface area contributed by atoms with Gasteiger partial charge in [-0.25, -0.2) is 0 Å². The minimum absolute atomic E-state index is 0.0913. The van der Waals surface area contributed by atoms with E-state index in [1.54, 1.807) is 6.92 Å². The molecule has 0 aliphatic rings. The lowest BCUT2D eigenvalue weighted by Gasteiger charge is -2.27. The van der Waals surface area contributed by atoms with Crippen molar-refractivity contribution in [3.05, 3.63) is 35.4 Å². The molecule has 124 valence electrons. The predicted molar refractivity (Wildman–Crippen MR) is 96.3 cm³/mol. The number of alkyl halides is 3. The molecule has 0 bridgehead atoms. The fraction of sp³-hybridized carbons (Fsp3) is 0.588. The van der Waals surface area contributed by atoms with Crippen LogP contribution in [0.4, 0.5) is 0 Å². The second kappa shape index (κ2) is 7.90. The van der Waals surface area contributed by atoms with E-state index in [1.165, 1.54) is 5.56 Å². The van der Waals surface area contributed by atoms with Crippen LogP contribution in [0.3, 0.4) is 0 Å². The van der Waals surface area contributed by atoms with Gasteiger partial charge in [-0.1, -0.05) is 45.0 Å². The molecule has 5 heteroatoms.